The Hall–Kier alpha value is -2.33. The van der Waals surface area contributed by atoms with Crippen LogP contribution in [0.3, 0.4) is 0 Å². The van der Waals surface area contributed by atoms with Crippen LogP contribution in [0.25, 0.3) is 22.2 Å². The lowest BCUT2D eigenvalue weighted by Gasteiger charge is -2.05. The molecule has 1 amide bonds. The van der Waals surface area contributed by atoms with Crippen LogP contribution in [0.15, 0.2) is 42.7 Å². The fourth-order valence-electron chi connectivity index (χ4n) is 2.37. The van der Waals surface area contributed by atoms with Crippen molar-refractivity contribution < 1.29 is 4.79 Å². The summed E-state index contributed by atoms with van der Waals surface area (Å²) in [6.07, 6.45) is 4.89. The first-order valence-electron chi connectivity index (χ1n) is 7.20. The quantitative estimate of drug-likeness (QED) is 0.738. The largest absolute Gasteiger partial charge is 0.344 e. The predicted octanol–water partition coefficient (Wildman–Crippen LogP) is 4.62. The van der Waals surface area contributed by atoms with Gasteiger partial charge in [-0.05, 0) is 30.2 Å². The Morgan fingerprint density at radius 2 is 2.18 bits per heavy atom. The number of anilines is 1. The molecule has 0 aliphatic carbocycles. The Balaban J connectivity index is 1.99. The van der Waals surface area contributed by atoms with E-state index in [1.54, 1.807) is 12.4 Å². The molecule has 3 aromatic rings. The number of nitrogens with one attached hydrogen (secondary N) is 2. The summed E-state index contributed by atoms with van der Waals surface area (Å²) < 4.78 is 0. The molecule has 0 aliphatic heterocycles. The van der Waals surface area contributed by atoms with Gasteiger partial charge in [0.25, 0.3) is 0 Å². The van der Waals surface area contributed by atoms with E-state index in [-0.39, 0.29) is 5.91 Å². The second-order valence-electron chi connectivity index (χ2n) is 5.13. The molecule has 2 aromatic heterocycles. The minimum atomic E-state index is 0.0107. The number of aromatic amines is 1. The Kier molecular flexibility index (Phi) is 4.11. The molecule has 0 saturated heterocycles. The molecule has 1 aromatic carbocycles. The molecule has 2 N–H and O–H groups in total. The third kappa shape index (κ3) is 2.97. The summed E-state index contributed by atoms with van der Waals surface area (Å²) >= 11 is 6.04. The maximum Gasteiger partial charge on any atom is 0.224 e. The fraction of sp³-hybridized carbons (Fsp3) is 0.176. The summed E-state index contributed by atoms with van der Waals surface area (Å²) in [5, 5.41) is 4.49. The maximum absolute atomic E-state index is 11.8. The zero-order valence-electron chi connectivity index (χ0n) is 12.2. The number of aromatic nitrogens is 2. The zero-order valence-corrected chi connectivity index (χ0v) is 12.9. The Morgan fingerprint density at radius 3 is 2.95 bits per heavy atom. The molecule has 4 nitrogen and oxygen atoms in total. The van der Waals surface area contributed by atoms with Crippen LogP contribution >= 0.6 is 11.6 Å². The van der Waals surface area contributed by atoms with Gasteiger partial charge in [0, 0.05) is 34.8 Å². The number of pyridine rings is 1. The van der Waals surface area contributed by atoms with Gasteiger partial charge in [0.2, 0.25) is 5.91 Å². The van der Waals surface area contributed by atoms with Gasteiger partial charge in [-0.15, -0.1) is 0 Å². The monoisotopic (exact) mass is 313 g/mol. The van der Waals surface area contributed by atoms with Gasteiger partial charge in [-0.1, -0.05) is 30.7 Å². The topological polar surface area (TPSA) is 57.8 Å². The summed E-state index contributed by atoms with van der Waals surface area (Å²) in [5.74, 6) is 0.0107. The highest BCUT2D eigenvalue weighted by atomic mass is 35.5. The van der Waals surface area contributed by atoms with Crippen molar-refractivity contribution in [2.45, 2.75) is 19.8 Å². The van der Waals surface area contributed by atoms with Crippen LogP contribution in [0.5, 0.6) is 0 Å². The molecule has 0 spiro atoms. The average Bonchev–Trinajstić information content (AvgIpc) is 2.90. The number of carbonyl (C=O) groups is 1. The summed E-state index contributed by atoms with van der Waals surface area (Å²) in [6, 6.07) is 9.63. The SMILES string of the molecule is CCCC(=O)Nc1c[nH]c2ncc(-c3cccc(Cl)c3)cc12. The van der Waals surface area contributed by atoms with E-state index in [0.29, 0.717) is 11.4 Å². The first-order valence-corrected chi connectivity index (χ1v) is 7.58. The lowest BCUT2D eigenvalue weighted by molar-refractivity contribution is -0.116. The van der Waals surface area contributed by atoms with Crippen molar-refractivity contribution in [3.8, 4) is 11.1 Å². The van der Waals surface area contributed by atoms with Crippen LogP contribution in [0, 0.1) is 0 Å². The van der Waals surface area contributed by atoms with E-state index < -0.39 is 0 Å². The number of H-pyrrole nitrogens is 1. The van der Waals surface area contributed by atoms with Crippen molar-refractivity contribution >= 4 is 34.2 Å². The van der Waals surface area contributed by atoms with Crippen LogP contribution < -0.4 is 5.32 Å². The first kappa shape index (κ1) is 14.6. The van der Waals surface area contributed by atoms with E-state index in [4.69, 9.17) is 11.6 Å². The lowest BCUT2D eigenvalue weighted by atomic mass is 10.1. The molecule has 5 heteroatoms. The van der Waals surface area contributed by atoms with Crippen LogP contribution in [0.2, 0.25) is 5.02 Å². The molecule has 0 bridgehead atoms. The number of nitrogens with zero attached hydrogens (tertiary/aromatic N) is 1. The van der Waals surface area contributed by atoms with Gasteiger partial charge >= 0.3 is 0 Å². The van der Waals surface area contributed by atoms with Gasteiger partial charge in [0.15, 0.2) is 0 Å². The van der Waals surface area contributed by atoms with E-state index in [2.05, 4.69) is 15.3 Å². The molecule has 0 fully saturated rings. The highest BCUT2D eigenvalue weighted by molar-refractivity contribution is 6.30. The molecular weight excluding hydrogens is 298 g/mol. The van der Waals surface area contributed by atoms with E-state index in [1.165, 1.54) is 0 Å². The normalized spacial score (nSPS) is 10.8. The molecule has 2 heterocycles. The molecule has 0 aliphatic rings. The third-order valence-electron chi connectivity index (χ3n) is 3.44. The Morgan fingerprint density at radius 1 is 1.32 bits per heavy atom. The number of amides is 1. The Labute approximate surface area is 133 Å². The van der Waals surface area contributed by atoms with Crippen LogP contribution in [-0.4, -0.2) is 15.9 Å². The van der Waals surface area contributed by atoms with Gasteiger partial charge in [-0.3, -0.25) is 4.79 Å². The van der Waals surface area contributed by atoms with Crippen LogP contribution in [0.4, 0.5) is 5.69 Å². The Bertz CT molecular complexity index is 826. The predicted molar refractivity (Wildman–Crippen MR) is 90.1 cm³/mol. The van der Waals surface area contributed by atoms with Crippen molar-refractivity contribution in [1.82, 2.24) is 9.97 Å². The minimum Gasteiger partial charge on any atom is -0.344 e. The molecule has 0 unspecified atom stereocenters. The minimum absolute atomic E-state index is 0.0107. The summed E-state index contributed by atoms with van der Waals surface area (Å²) in [4.78, 5) is 19.3. The van der Waals surface area contributed by atoms with E-state index >= 15 is 0 Å². The standard InChI is InChI=1S/C17H16ClN3O/c1-2-4-16(22)21-15-10-20-17-14(15)8-12(9-19-17)11-5-3-6-13(18)7-11/h3,5-10H,2,4H2,1H3,(H,19,20)(H,21,22). The van der Waals surface area contributed by atoms with E-state index in [1.807, 2.05) is 37.3 Å². The van der Waals surface area contributed by atoms with Gasteiger partial charge in [-0.25, -0.2) is 4.98 Å². The second-order valence-corrected chi connectivity index (χ2v) is 5.57. The highest BCUT2D eigenvalue weighted by Gasteiger charge is 2.09. The number of hydrogen-bond acceptors (Lipinski definition) is 2. The van der Waals surface area contributed by atoms with Crippen LogP contribution in [-0.2, 0) is 4.79 Å². The van der Waals surface area contributed by atoms with Gasteiger partial charge in [-0.2, -0.15) is 0 Å². The van der Waals surface area contributed by atoms with E-state index in [9.17, 15) is 4.79 Å². The van der Waals surface area contributed by atoms with Gasteiger partial charge < -0.3 is 10.3 Å². The number of hydrogen-bond donors (Lipinski definition) is 2. The van der Waals surface area contributed by atoms with Crippen molar-refractivity contribution in [1.29, 1.82) is 0 Å². The third-order valence-corrected chi connectivity index (χ3v) is 3.68. The van der Waals surface area contributed by atoms with Crippen molar-refractivity contribution in [3.63, 3.8) is 0 Å². The number of halogens is 1. The summed E-state index contributed by atoms with van der Waals surface area (Å²) in [6.45, 7) is 1.98. The average molecular weight is 314 g/mol. The molecule has 0 saturated carbocycles. The molecule has 3 rings (SSSR count). The van der Waals surface area contributed by atoms with E-state index in [0.717, 1.165) is 34.3 Å². The molecule has 112 valence electrons. The number of rotatable bonds is 4. The lowest BCUT2D eigenvalue weighted by Crippen LogP contribution is -2.10. The first-order chi connectivity index (χ1) is 10.7. The molecule has 0 radical (unpaired) electrons. The zero-order chi connectivity index (χ0) is 15.5. The van der Waals surface area contributed by atoms with Crippen molar-refractivity contribution in [3.05, 3.63) is 47.7 Å². The van der Waals surface area contributed by atoms with Gasteiger partial charge in [0.05, 0.1) is 5.69 Å². The van der Waals surface area contributed by atoms with Gasteiger partial charge in [0.1, 0.15) is 5.65 Å². The highest BCUT2D eigenvalue weighted by Crippen LogP contribution is 2.28. The molecular formula is C17H16ClN3O. The second kappa shape index (κ2) is 6.20. The smallest absolute Gasteiger partial charge is 0.224 e. The maximum atomic E-state index is 11.8. The number of benzene rings is 1. The number of fused-ring (bicyclic) bond motifs is 1. The van der Waals surface area contributed by atoms with Crippen molar-refractivity contribution in [2.24, 2.45) is 0 Å². The number of carbonyl (C=O) groups excluding carboxylic acids is 1. The molecule has 0 atom stereocenters. The molecule has 22 heavy (non-hydrogen) atoms. The van der Waals surface area contributed by atoms with Crippen molar-refractivity contribution in [2.75, 3.05) is 5.32 Å². The summed E-state index contributed by atoms with van der Waals surface area (Å²) in [7, 11) is 0. The summed E-state index contributed by atoms with van der Waals surface area (Å²) in [5.41, 5.74) is 3.46. The fourth-order valence-corrected chi connectivity index (χ4v) is 2.56. The van der Waals surface area contributed by atoms with Crippen LogP contribution in [0.1, 0.15) is 19.8 Å².